The number of carbonyl (C=O) groups excluding carboxylic acids is 2. The molecule has 238 valence electrons. The first-order valence-electron chi connectivity index (χ1n) is 15.9. The van der Waals surface area contributed by atoms with Crippen LogP contribution in [0.3, 0.4) is 0 Å². The number of rotatable bonds is 8. The number of likely N-dealkylation sites (tertiary alicyclic amines) is 1. The van der Waals surface area contributed by atoms with Gasteiger partial charge in [0.25, 0.3) is 11.8 Å². The molecule has 6 heterocycles. The summed E-state index contributed by atoms with van der Waals surface area (Å²) in [5.41, 5.74) is 10.1. The molecule has 8 rings (SSSR count). The van der Waals surface area contributed by atoms with Crippen LogP contribution in [0.4, 0.5) is 5.69 Å². The van der Waals surface area contributed by atoms with E-state index in [1.54, 1.807) is 4.90 Å². The van der Waals surface area contributed by atoms with Gasteiger partial charge in [-0.25, -0.2) is 19.6 Å². The van der Waals surface area contributed by atoms with Crippen molar-refractivity contribution >= 4 is 40.1 Å². The van der Waals surface area contributed by atoms with Crippen molar-refractivity contribution in [1.29, 1.82) is 0 Å². The third-order valence-electron chi connectivity index (χ3n) is 9.75. The van der Waals surface area contributed by atoms with E-state index >= 15 is 0 Å². The Bertz CT molecular complexity index is 1840. The lowest BCUT2D eigenvalue weighted by atomic mass is 9.91. The second-order valence-corrected chi connectivity index (χ2v) is 13.4. The second-order valence-electron chi connectivity index (χ2n) is 12.9. The molecule has 12 nitrogen and oxygen atoms in total. The Morgan fingerprint density at radius 3 is 2.63 bits per heavy atom. The fraction of sp³-hybridized carbons (Fsp3) is 0.455. The highest BCUT2D eigenvalue weighted by Gasteiger charge is 2.36. The normalized spacial score (nSPS) is 22.0. The maximum absolute atomic E-state index is 13.2. The van der Waals surface area contributed by atoms with Gasteiger partial charge >= 0.3 is 0 Å². The van der Waals surface area contributed by atoms with E-state index in [1.165, 1.54) is 12.4 Å². The van der Waals surface area contributed by atoms with Gasteiger partial charge < -0.3 is 15.2 Å². The van der Waals surface area contributed by atoms with E-state index in [1.807, 2.05) is 24.4 Å². The molecule has 4 aliphatic rings. The number of pyridine rings is 1. The fourth-order valence-corrected chi connectivity index (χ4v) is 7.14. The van der Waals surface area contributed by atoms with Gasteiger partial charge in [0, 0.05) is 36.4 Å². The molecule has 3 aromatic heterocycles. The summed E-state index contributed by atoms with van der Waals surface area (Å²) in [6.45, 7) is 5.87. The van der Waals surface area contributed by atoms with Crippen molar-refractivity contribution in [2.45, 2.75) is 51.2 Å². The largest absolute Gasteiger partial charge is 0.482 e. The zero-order chi connectivity index (χ0) is 31.5. The molecule has 13 heteroatoms. The molecule has 3 aliphatic heterocycles. The van der Waals surface area contributed by atoms with Gasteiger partial charge in [-0.3, -0.25) is 19.4 Å². The summed E-state index contributed by atoms with van der Waals surface area (Å²) in [7, 11) is 0. The Morgan fingerprint density at radius 2 is 1.93 bits per heavy atom. The number of benzene rings is 1. The van der Waals surface area contributed by atoms with Crippen molar-refractivity contribution in [1.82, 2.24) is 29.6 Å². The molecule has 0 spiro atoms. The van der Waals surface area contributed by atoms with Crippen LogP contribution in [0.2, 0.25) is 5.02 Å². The summed E-state index contributed by atoms with van der Waals surface area (Å²) >= 11 is 5.96. The maximum Gasteiger partial charge on any atom is 0.265 e. The third kappa shape index (κ3) is 5.27. The number of amides is 2. The van der Waals surface area contributed by atoms with Crippen LogP contribution in [0.5, 0.6) is 5.75 Å². The average molecular weight is 643 g/mol. The molecule has 2 atom stereocenters. The standard InChI is InChI=1S/C33H35ClN8O4/c1-18-13-40(22-15-45-16-22)7-6-25(18)42-33-23(12-38-42)30(31(32(35)44)24(39-33)8-19-2-3-19)20-4-5-26-27(9-20)46-17-29(43)41(26)14-28-36-10-21(34)11-37-28/h4-5,9-12,18-19,22,25H,2-3,6-8,13-17H2,1H3,(H2,35,44)/t18-,25-/m1/s1. The van der Waals surface area contributed by atoms with E-state index in [0.29, 0.717) is 63.4 Å². The van der Waals surface area contributed by atoms with Crippen molar-refractivity contribution < 1.29 is 19.1 Å². The van der Waals surface area contributed by atoms with Crippen LogP contribution in [0.1, 0.15) is 54.1 Å². The number of hydrogen-bond donors (Lipinski definition) is 1. The number of nitrogens with two attached hydrogens (primary N) is 1. The van der Waals surface area contributed by atoms with Crippen LogP contribution in [0.15, 0.2) is 36.8 Å². The van der Waals surface area contributed by atoms with Crippen molar-refractivity contribution in [3.63, 3.8) is 0 Å². The minimum Gasteiger partial charge on any atom is -0.482 e. The highest BCUT2D eigenvalue weighted by Crippen LogP contribution is 2.43. The van der Waals surface area contributed by atoms with E-state index in [9.17, 15) is 9.59 Å². The van der Waals surface area contributed by atoms with Gasteiger partial charge in [-0.05, 0) is 55.2 Å². The summed E-state index contributed by atoms with van der Waals surface area (Å²) in [4.78, 5) is 43.9. The van der Waals surface area contributed by atoms with E-state index < -0.39 is 5.91 Å². The van der Waals surface area contributed by atoms with Gasteiger partial charge in [-0.1, -0.05) is 24.6 Å². The first kappa shape index (κ1) is 29.3. The monoisotopic (exact) mass is 642 g/mol. The zero-order valence-electron chi connectivity index (χ0n) is 25.6. The van der Waals surface area contributed by atoms with Gasteiger partial charge in [-0.2, -0.15) is 5.10 Å². The molecule has 0 unspecified atom stereocenters. The predicted molar refractivity (Wildman–Crippen MR) is 171 cm³/mol. The highest BCUT2D eigenvalue weighted by atomic mass is 35.5. The lowest BCUT2D eigenvalue weighted by Gasteiger charge is -2.44. The summed E-state index contributed by atoms with van der Waals surface area (Å²) in [6, 6.07) is 6.28. The predicted octanol–water partition coefficient (Wildman–Crippen LogP) is 3.80. The SMILES string of the molecule is C[C@@H]1CN(C2COC2)CC[C@H]1n1ncc2c(-c3ccc4c(c3)OCC(=O)N4Cc3ncc(Cl)cn3)c(C(N)=O)c(CC3CC3)nc21. The van der Waals surface area contributed by atoms with Crippen LogP contribution < -0.4 is 15.4 Å². The Kier molecular flexibility index (Phi) is 7.38. The Morgan fingerprint density at radius 1 is 1.13 bits per heavy atom. The number of anilines is 1. The first-order valence-corrected chi connectivity index (χ1v) is 16.3. The van der Waals surface area contributed by atoms with E-state index in [4.69, 9.17) is 36.9 Å². The number of primary amides is 1. The second kappa shape index (κ2) is 11.6. The fourth-order valence-electron chi connectivity index (χ4n) is 7.05. The minimum atomic E-state index is -0.521. The number of aromatic nitrogens is 5. The number of ether oxygens (including phenoxy) is 2. The summed E-state index contributed by atoms with van der Waals surface area (Å²) in [6.07, 6.45) is 8.69. The maximum atomic E-state index is 13.2. The van der Waals surface area contributed by atoms with Crippen molar-refractivity contribution in [3.8, 4) is 16.9 Å². The Balaban J connectivity index is 1.21. The highest BCUT2D eigenvalue weighted by molar-refractivity contribution is 6.30. The average Bonchev–Trinajstić information content (AvgIpc) is 3.74. The Hall–Kier alpha value is -4.13. The van der Waals surface area contributed by atoms with Crippen molar-refractivity contribution in [2.75, 3.05) is 37.8 Å². The molecular formula is C33H35ClN8O4. The summed E-state index contributed by atoms with van der Waals surface area (Å²) in [5.74, 6) is 1.09. The first-order chi connectivity index (χ1) is 22.3. The molecule has 2 N–H and O–H groups in total. The number of hydrogen-bond acceptors (Lipinski definition) is 9. The molecular weight excluding hydrogens is 608 g/mol. The molecule has 46 heavy (non-hydrogen) atoms. The van der Waals surface area contributed by atoms with Gasteiger partial charge in [0.2, 0.25) is 0 Å². The molecule has 4 aromatic rings. The molecule has 1 saturated carbocycles. The lowest BCUT2D eigenvalue weighted by molar-refractivity contribution is -0.121. The quantitative estimate of drug-likeness (QED) is 0.304. The van der Waals surface area contributed by atoms with Crippen LogP contribution >= 0.6 is 11.6 Å². The zero-order valence-corrected chi connectivity index (χ0v) is 26.3. The topological polar surface area (TPSA) is 142 Å². The van der Waals surface area contributed by atoms with Gasteiger partial charge in [0.1, 0.15) is 11.6 Å². The minimum absolute atomic E-state index is 0.132. The van der Waals surface area contributed by atoms with E-state index in [-0.39, 0.29) is 25.1 Å². The number of fused-ring (bicyclic) bond motifs is 2. The van der Waals surface area contributed by atoms with Crippen LogP contribution in [-0.2, 0) is 22.5 Å². The van der Waals surface area contributed by atoms with E-state index in [0.717, 1.165) is 62.2 Å². The molecule has 2 saturated heterocycles. The summed E-state index contributed by atoms with van der Waals surface area (Å²) in [5, 5.41) is 6.10. The molecule has 1 aromatic carbocycles. The molecule has 0 radical (unpaired) electrons. The molecule has 2 amide bonds. The number of carbonyl (C=O) groups is 2. The lowest BCUT2D eigenvalue weighted by Crippen LogP contribution is -2.54. The van der Waals surface area contributed by atoms with Crippen LogP contribution in [0, 0.1) is 11.8 Å². The number of halogens is 1. The van der Waals surface area contributed by atoms with Gasteiger partial charge in [-0.15, -0.1) is 0 Å². The van der Waals surface area contributed by atoms with E-state index in [2.05, 4.69) is 26.5 Å². The van der Waals surface area contributed by atoms with Crippen LogP contribution in [0.25, 0.3) is 22.2 Å². The van der Waals surface area contributed by atoms with Gasteiger partial charge in [0.05, 0.1) is 60.0 Å². The molecule has 3 fully saturated rings. The number of nitrogens with zero attached hydrogens (tertiary/aromatic N) is 7. The summed E-state index contributed by atoms with van der Waals surface area (Å²) < 4.78 is 13.5. The molecule has 1 aliphatic carbocycles. The van der Waals surface area contributed by atoms with Crippen molar-refractivity contribution in [3.05, 3.63) is 58.9 Å². The smallest absolute Gasteiger partial charge is 0.265 e. The Labute approximate surface area is 270 Å². The van der Waals surface area contributed by atoms with Crippen molar-refractivity contribution in [2.24, 2.45) is 17.6 Å². The number of piperidine rings is 1. The van der Waals surface area contributed by atoms with Crippen LogP contribution in [-0.4, -0.2) is 80.4 Å². The third-order valence-corrected chi connectivity index (χ3v) is 9.95. The van der Waals surface area contributed by atoms with Gasteiger partial charge in [0.15, 0.2) is 12.3 Å². The molecule has 0 bridgehead atoms.